The van der Waals surface area contributed by atoms with Gasteiger partial charge in [0, 0.05) is 18.2 Å². The van der Waals surface area contributed by atoms with Crippen molar-refractivity contribution in [2.45, 2.75) is 32.4 Å². The molecule has 0 saturated heterocycles. The monoisotopic (exact) mass is 283 g/mol. The number of aromatic hydroxyl groups is 1. The molecule has 2 aromatic carbocycles. The van der Waals surface area contributed by atoms with Crippen molar-refractivity contribution in [3.8, 4) is 11.5 Å². The summed E-state index contributed by atoms with van der Waals surface area (Å²) in [5, 5.41) is 13.7. The van der Waals surface area contributed by atoms with Gasteiger partial charge in [-0.1, -0.05) is 36.4 Å². The third-order valence-electron chi connectivity index (χ3n) is 4.01. The highest BCUT2D eigenvalue weighted by Crippen LogP contribution is 2.30. The zero-order valence-electron chi connectivity index (χ0n) is 12.3. The van der Waals surface area contributed by atoms with E-state index in [0.29, 0.717) is 24.9 Å². The Morgan fingerprint density at radius 3 is 2.48 bits per heavy atom. The van der Waals surface area contributed by atoms with E-state index in [2.05, 4.69) is 29.6 Å². The van der Waals surface area contributed by atoms with Crippen LogP contribution in [0.15, 0.2) is 42.5 Å². The zero-order chi connectivity index (χ0) is 14.7. The highest BCUT2D eigenvalue weighted by atomic mass is 16.5. The molecular formula is C18H21NO2. The molecule has 1 aliphatic carbocycles. The average Bonchev–Trinajstić information content (AvgIpc) is 2.91. The van der Waals surface area contributed by atoms with E-state index in [9.17, 15) is 5.11 Å². The van der Waals surface area contributed by atoms with Crippen LogP contribution in [0, 0.1) is 0 Å². The number of phenols is 1. The molecular weight excluding hydrogens is 262 g/mol. The van der Waals surface area contributed by atoms with Crippen LogP contribution in [0.5, 0.6) is 11.5 Å². The van der Waals surface area contributed by atoms with Crippen molar-refractivity contribution in [3.63, 3.8) is 0 Å². The van der Waals surface area contributed by atoms with Gasteiger partial charge in [0.1, 0.15) is 0 Å². The molecule has 21 heavy (non-hydrogen) atoms. The summed E-state index contributed by atoms with van der Waals surface area (Å²) in [6, 6.07) is 14.7. The fourth-order valence-corrected chi connectivity index (χ4v) is 2.94. The number of ether oxygens (including phenoxy) is 1. The van der Waals surface area contributed by atoms with Gasteiger partial charge in [0.25, 0.3) is 0 Å². The molecule has 0 aromatic heterocycles. The maximum Gasteiger partial charge on any atom is 0.162 e. The maximum atomic E-state index is 10.2. The Kier molecular flexibility index (Phi) is 4.11. The molecule has 0 fully saturated rings. The van der Waals surface area contributed by atoms with Crippen LogP contribution in [-0.2, 0) is 19.4 Å². The molecule has 3 nitrogen and oxygen atoms in total. The molecule has 0 aliphatic heterocycles. The van der Waals surface area contributed by atoms with Gasteiger partial charge in [-0.25, -0.2) is 0 Å². The number of benzene rings is 2. The predicted octanol–water partition coefficient (Wildman–Crippen LogP) is 3.05. The van der Waals surface area contributed by atoms with E-state index in [1.807, 2.05) is 19.1 Å². The van der Waals surface area contributed by atoms with Gasteiger partial charge in [0.2, 0.25) is 0 Å². The minimum atomic E-state index is 0.252. The van der Waals surface area contributed by atoms with E-state index in [-0.39, 0.29) is 5.75 Å². The highest BCUT2D eigenvalue weighted by molar-refractivity contribution is 5.45. The molecule has 0 amide bonds. The number of phenolic OH excluding ortho intramolecular Hbond substituents is 1. The lowest BCUT2D eigenvalue weighted by atomic mass is 10.1. The molecule has 0 spiro atoms. The lowest BCUT2D eigenvalue weighted by molar-refractivity contribution is 0.316. The smallest absolute Gasteiger partial charge is 0.162 e. The molecule has 0 radical (unpaired) electrons. The molecule has 110 valence electrons. The number of fused-ring (bicyclic) bond motifs is 1. The fourth-order valence-electron chi connectivity index (χ4n) is 2.94. The number of hydrogen-bond donors (Lipinski definition) is 2. The van der Waals surface area contributed by atoms with E-state index < -0.39 is 0 Å². The van der Waals surface area contributed by atoms with Crippen molar-refractivity contribution in [1.82, 2.24) is 5.32 Å². The van der Waals surface area contributed by atoms with Gasteiger partial charge in [0.05, 0.1) is 6.61 Å². The Hall–Kier alpha value is -2.00. The number of nitrogens with one attached hydrogen (secondary N) is 1. The summed E-state index contributed by atoms with van der Waals surface area (Å²) in [4.78, 5) is 0. The topological polar surface area (TPSA) is 41.5 Å². The number of para-hydroxylation sites is 1. The molecule has 3 heteroatoms. The van der Waals surface area contributed by atoms with E-state index in [1.54, 1.807) is 6.07 Å². The first-order valence-electron chi connectivity index (χ1n) is 7.51. The maximum absolute atomic E-state index is 10.2. The van der Waals surface area contributed by atoms with Crippen molar-refractivity contribution in [3.05, 3.63) is 59.2 Å². The van der Waals surface area contributed by atoms with Crippen molar-refractivity contribution in [2.24, 2.45) is 0 Å². The Labute approximate surface area is 125 Å². The fraction of sp³-hybridized carbons (Fsp3) is 0.333. The van der Waals surface area contributed by atoms with E-state index in [4.69, 9.17) is 4.74 Å². The Morgan fingerprint density at radius 2 is 1.81 bits per heavy atom. The summed E-state index contributed by atoms with van der Waals surface area (Å²) in [6.07, 6.45) is 2.12. The van der Waals surface area contributed by atoms with E-state index in [1.165, 1.54) is 11.1 Å². The Balaban J connectivity index is 1.63. The molecule has 2 N–H and O–H groups in total. The molecule has 0 saturated carbocycles. The van der Waals surface area contributed by atoms with Crippen LogP contribution in [0.1, 0.15) is 23.6 Å². The van der Waals surface area contributed by atoms with Gasteiger partial charge < -0.3 is 15.2 Å². The van der Waals surface area contributed by atoms with Crippen LogP contribution in [-0.4, -0.2) is 17.8 Å². The van der Waals surface area contributed by atoms with Crippen LogP contribution in [0.25, 0.3) is 0 Å². The summed E-state index contributed by atoms with van der Waals surface area (Å²) >= 11 is 0. The van der Waals surface area contributed by atoms with Crippen molar-refractivity contribution in [1.29, 1.82) is 0 Å². The summed E-state index contributed by atoms with van der Waals surface area (Å²) in [6.45, 7) is 3.13. The van der Waals surface area contributed by atoms with Gasteiger partial charge in [-0.3, -0.25) is 0 Å². The van der Waals surface area contributed by atoms with Crippen LogP contribution < -0.4 is 10.1 Å². The second-order valence-electron chi connectivity index (χ2n) is 5.45. The third kappa shape index (κ3) is 3.03. The quantitative estimate of drug-likeness (QED) is 0.886. The first-order chi connectivity index (χ1) is 10.3. The standard InChI is InChI=1S/C18H21NO2/c1-2-21-17-9-5-8-15(18(17)20)12-19-16-10-13-6-3-4-7-14(13)11-16/h3-9,16,19-20H,2,10-12H2,1H3. The molecule has 2 aromatic rings. The summed E-state index contributed by atoms with van der Waals surface area (Å²) in [5.74, 6) is 0.814. The van der Waals surface area contributed by atoms with E-state index in [0.717, 1.165) is 18.4 Å². The van der Waals surface area contributed by atoms with Gasteiger partial charge >= 0.3 is 0 Å². The lowest BCUT2D eigenvalue weighted by Gasteiger charge is -2.14. The van der Waals surface area contributed by atoms with Gasteiger partial charge in [-0.05, 0) is 37.0 Å². The molecule has 0 atom stereocenters. The molecule has 0 bridgehead atoms. The average molecular weight is 283 g/mol. The van der Waals surface area contributed by atoms with Crippen LogP contribution in [0.3, 0.4) is 0 Å². The van der Waals surface area contributed by atoms with Gasteiger partial charge in [-0.2, -0.15) is 0 Å². The third-order valence-corrected chi connectivity index (χ3v) is 4.01. The first kappa shape index (κ1) is 14.0. The van der Waals surface area contributed by atoms with Gasteiger partial charge in [-0.15, -0.1) is 0 Å². The Bertz CT molecular complexity index is 599. The Morgan fingerprint density at radius 1 is 1.10 bits per heavy atom. The normalized spacial score (nSPS) is 14.1. The summed E-state index contributed by atoms with van der Waals surface area (Å²) in [5.41, 5.74) is 3.75. The predicted molar refractivity (Wildman–Crippen MR) is 83.8 cm³/mol. The number of hydrogen-bond acceptors (Lipinski definition) is 3. The van der Waals surface area contributed by atoms with Gasteiger partial charge in [0.15, 0.2) is 11.5 Å². The molecule has 0 unspecified atom stereocenters. The zero-order valence-corrected chi connectivity index (χ0v) is 12.3. The van der Waals surface area contributed by atoms with Crippen molar-refractivity contribution < 1.29 is 9.84 Å². The van der Waals surface area contributed by atoms with E-state index >= 15 is 0 Å². The van der Waals surface area contributed by atoms with Crippen LogP contribution in [0.4, 0.5) is 0 Å². The minimum Gasteiger partial charge on any atom is -0.504 e. The van der Waals surface area contributed by atoms with Crippen LogP contribution >= 0.6 is 0 Å². The molecule has 0 heterocycles. The first-order valence-corrected chi connectivity index (χ1v) is 7.51. The molecule has 1 aliphatic rings. The van der Waals surface area contributed by atoms with Crippen molar-refractivity contribution in [2.75, 3.05) is 6.61 Å². The molecule has 3 rings (SSSR count). The number of rotatable bonds is 5. The highest BCUT2D eigenvalue weighted by Gasteiger charge is 2.20. The minimum absolute atomic E-state index is 0.252. The summed E-state index contributed by atoms with van der Waals surface area (Å²) < 4.78 is 5.42. The van der Waals surface area contributed by atoms with Crippen molar-refractivity contribution >= 4 is 0 Å². The SMILES string of the molecule is CCOc1cccc(CNC2Cc3ccccc3C2)c1O. The largest absolute Gasteiger partial charge is 0.504 e. The second-order valence-corrected chi connectivity index (χ2v) is 5.45. The van der Waals surface area contributed by atoms with Crippen LogP contribution in [0.2, 0.25) is 0 Å². The summed E-state index contributed by atoms with van der Waals surface area (Å²) in [7, 11) is 0. The second kappa shape index (κ2) is 6.19. The lowest BCUT2D eigenvalue weighted by Crippen LogP contribution is -2.29.